The normalized spacial score (nSPS) is 9.39. The van der Waals surface area contributed by atoms with Crippen LogP contribution in [-0.4, -0.2) is 15.8 Å². The van der Waals surface area contributed by atoms with Crippen LogP contribution < -0.4 is 0 Å². The Labute approximate surface area is 103 Å². The summed E-state index contributed by atoms with van der Waals surface area (Å²) in [4.78, 5) is 32.7. The highest BCUT2D eigenvalue weighted by atomic mass is 35.5. The quantitative estimate of drug-likeness (QED) is 0.272. The molecule has 0 N–H and O–H groups in total. The molecule has 0 aliphatic rings. The molecule has 1 amide bonds. The van der Waals surface area contributed by atoms with Crippen LogP contribution in [0.5, 0.6) is 0 Å². The van der Waals surface area contributed by atoms with Crippen molar-refractivity contribution in [1.82, 2.24) is 0 Å². The Kier molecular flexibility index (Phi) is 3.77. The van der Waals surface area contributed by atoms with Gasteiger partial charge in [-0.3, -0.25) is 25.0 Å². The van der Waals surface area contributed by atoms with Crippen molar-refractivity contribution >= 4 is 28.9 Å². The first-order chi connectivity index (χ1) is 8.38. The fraction of sp³-hybridized carbons (Fsp3) is 0. The average Bonchev–Trinajstić information content (AvgIpc) is 2.28. The van der Waals surface area contributed by atoms with E-state index in [1.807, 2.05) is 0 Å². The zero-order chi connectivity index (χ0) is 13.9. The Bertz CT molecular complexity index is 608. The minimum Gasteiger partial charge on any atom is -0.287 e. The molecule has 0 spiro atoms. The number of nitrogens with zero attached hydrogens (tertiary/aromatic N) is 5. The lowest BCUT2D eigenvalue weighted by Gasteiger charge is -2.00. The van der Waals surface area contributed by atoms with E-state index in [1.165, 1.54) is 0 Å². The molecule has 1 rings (SSSR count). The molecular weight excluding hydrogens is 270 g/mol. The molecule has 1 aromatic rings. The molecule has 0 aromatic heterocycles. The number of nitro benzene ring substituents is 2. The summed E-state index contributed by atoms with van der Waals surface area (Å²) in [5.41, 5.74) is 5.95. The molecule has 0 aliphatic heterocycles. The average molecular weight is 272 g/mol. The van der Waals surface area contributed by atoms with Crippen LogP contribution in [0.4, 0.5) is 11.4 Å². The van der Waals surface area contributed by atoms with Crippen molar-refractivity contribution in [2.75, 3.05) is 0 Å². The third kappa shape index (κ3) is 2.51. The third-order valence-corrected chi connectivity index (χ3v) is 2.21. The monoisotopic (exact) mass is 271 g/mol. The van der Waals surface area contributed by atoms with Crippen molar-refractivity contribution in [2.45, 2.75) is 0 Å². The molecule has 0 fully saturated rings. The molecule has 10 nitrogen and oxygen atoms in total. The molecule has 0 saturated heterocycles. The van der Waals surface area contributed by atoms with Crippen molar-refractivity contribution in [3.05, 3.63) is 53.4 Å². The first kappa shape index (κ1) is 13.4. The number of azide groups is 1. The Balaban J connectivity index is 3.59. The molecule has 18 heavy (non-hydrogen) atoms. The molecule has 1 aromatic carbocycles. The lowest BCUT2D eigenvalue weighted by molar-refractivity contribution is -0.394. The van der Waals surface area contributed by atoms with Crippen molar-refractivity contribution in [1.29, 1.82) is 0 Å². The maximum absolute atomic E-state index is 11.3. The minimum absolute atomic E-state index is 0.602. The summed E-state index contributed by atoms with van der Waals surface area (Å²) in [6.07, 6.45) is 0. The minimum atomic E-state index is -1.24. The van der Waals surface area contributed by atoms with Crippen LogP contribution in [0.1, 0.15) is 10.4 Å². The predicted molar refractivity (Wildman–Crippen MR) is 58.2 cm³/mol. The second-order valence-electron chi connectivity index (χ2n) is 2.84. The standard InChI is InChI=1S/C7H2ClN5O5/c8-6-4(7(14)10-11-9)1-3(12(15)16)2-5(6)13(17)18/h1-2H. The van der Waals surface area contributed by atoms with Gasteiger partial charge in [0.2, 0.25) is 0 Å². The maximum atomic E-state index is 11.3. The van der Waals surface area contributed by atoms with Crippen molar-refractivity contribution in [3.63, 3.8) is 0 Å². The highest BCUT2D eigenvalue weighted by Gasteiger charge is 2.25. The van der Waals surface area contributed by atoms with E-state index in [0.717, 1.165) is 0 Å². The fourth-order valence-corrected chi connectivity index (χ4v) is 1.34. The first-order valence-electron chi connectivity index (χ1n) is 4.10. The summed E-state index contributed by atoms with van der Waals surface area (Å²) in [5, 5.41) is 23.2. The summed E-state index contributed by atoms with van der Waals surface area (Å²) in [6.45, 7) is 0. The molecule has 11 heteroatoms. The second kappa shape index (κ2) is 5.08. The van der Waals surface area contributed by atoms with Crippen molar-refractivity contribution in [2.24, 2.45) is 5.11 Å². The summed E-state index contributed by atoms with van der Waals surface area (Å²) in [5.74, 6) is -1.24. The van der Waals surface area contributed by atoms with E-state index in [1.54, 1.807) is 0 Å². The number of rotatable bonds is 3. The van der Waals surface area contributed by atoms with Crippen LogP contribution in [0.25, 0.3) is 10.4 Å². The van der Waals surface area contributed by atoms with Gasteiger partial charge in [0.1, 0.15) is 5.02 Å². The van der Waals surface area contributed by atoms with Gasteiger partial charge in [-0.05, 0) is 10.6 Å². The van der Waals surface area contributed by atoms with Gasteiger partial charge in [-0.2, -0.15) is 0 Å². The van der Waals surface area contributed by atoms with Crippen LogP contribution in [0.3, 0.4) is 0 Å². The molecule has 92 valence electrons. The number of halogens is 1. The van der Waals surface area contributed by atoms with E-state index in [0.29, 0.717) is 12.1 Å². The van der Waals surface area contributed by atoms with Crippen molar-refractivity contribution in [3.8, 4) is 0 Å². The molecule has 0 heterocycles. The van der Waals surface area contributed by atoms with Crippen LogP contribution in [0, 0.1) is 20.2 Å². The Hall–Kier alpha value is -2.71. The third-order valence-electron chi connectivity index (χ3n) is 1.81. The number of nitro groups is 2. The molecule has 0 radical (unpaired) electrons. The van der Waals surface area contributed by atoms with Gasteiger partial charge in [-0.15, -0.1) is 0 Å². The van der Waals surface area contributed by atoms with E-state index < -0.39 is 37.7 Å². The van der Waals surface area contributed by atoms with Gasteiger partial charge in [0, 0.05) is 11.0 Å². The van der Waals surface area contributed by atoms with Gasteiger partial charge >= 0.3 is 0 Å². The SMILES string of the molecule is [N-]=[N+]=NC(=O)c1cc([N+](=O)[O-])cc([N+](=O)[O-])c1Cl. The van der Waals surface area contributed by atoms with Gasteiger partial charge < -0.3 is 0 Å². The predicted octanol–water partition coefficient (Wildman–Crippen LogP) is 2.61. The highest BCUT2D eigenvalue weighted by molar-refractivity contribution is 6.36. The number of hydrogen-bond donors (Lipinski definition) is 0. The van der Waals surface area contributed by atoms with Gasteiger partial charge in [-0.25, -0.2) is 0 Å². The molecule has 0 unspecified atom stereocenters. The van der Waals surface area contributed by atoms with Gasteiger partial charge in [0.15, 0.2) is 0 Å². The van der Waals surface area contributed by atoms with E-state index in [4.69, 9.17) is 17.1 Å². The lowest BCUT2D eigenvalue weighted by atomic mass is 10.1. The zero-order valence-corrected chi connectivity index (χ0v) is 9.07. The Morgan fingerprint density at radius 1 is 1.33 bits per heavy atom. The van der Waals surface area contributed by atoms with E-state index in [-0.39, 0.29) is 0 Å². The number of non-ortho nitro benzene ring substituents is 1. The highest BCUT2D eigenvalue weighted by Crippen LogP contribution is 2.33. The van der Waals surface area contributed by atoms with Crippen molar-refractivity contribution < 1.29 is 14.6 Å². The van der Waals surface area contributed by atoms with E-state index >= 15 is 0 Å². The number of amides is 1. The lowest BCUT2D eigenvalue weighted by Crippen LogP contribution is -2.01. The van der Waals surface area contributed by atoms with Gasteiger partial charge in [-0.1, -0.05) is 11.6 Å². The number of hydrogen-bond acceptors (Lipinski definition) is 5. The van der Waals surface area contributed by atoms with Crippen LogP contribution in [0.15, 0.2) is 17.2 Å². The second-order valence-corrected chi connectivity index (χ2v) is 3.21. The zero-order valence-electron chi connectivity index (χ0n) is 8.31. The molecular formula is C7H2ClN5O5. The molecule has 0 saturated carbocycles. The van der Waals surface area contributed by atoms with E-state index in [9.17, 15) is 25.0 Å². The van der Waals surface area contributed by atoms with E-state index in [2.05, 4.69) is 10.0 Å². The number of carbonyl (C=O) groups excluding carboxylic acids is 1. The Morgan fingerprint density at radius 3 is 2.39 bits per heavy atom. The first-order valence-corrected chi connectivity index (χ1v) is 4.48. The largest absolute Gasteiger partial charge is 0.295 e. The topological polar surface area (TPSA) is 152 Å². The van der Waals surface area contributed by atoms with Crippen LogP contribution in [-0.2, 0) is 0 Å². The molecule has 0 aliphatic carbocycles. The summed E-state index contributed by atoms with van der Waals surface area (Å²) in [6, 6.07) is 1.31. The van der Waals surface area contributed by atoms with Gasteiger partial charge in [0.25, 0.3) is 17.3 Å². The maximum Gasteiger partial charge on any atom is 0.295 e. The van der Waals surface area contributed by atoms with Gasteiger partial charge in [0.05, 0.1) is 21.5 Å². The summed E-state index contributed by atoms with van der Waals surface area (Å²) in [7, 11) is 0. The molecule has 0 atom stereocenters. The van der Waals surface area contributed by atoms with Crippen LogP contribution >= 0.6 is 11.6 Å². The molecule has 0 bridgehead atoms. The number of carbonyl (C=O) groups is 1. The Morgan fingerprint density at radius 2 is 1.94 bits per heavy atom. The fourth-order valence-electron chi connectivity index (χ4n) is 1.08. The van der Waals surface area contributed by atoms with Crippen LogP contribution in [0.2, 0.25) is 5.02 Å². The summed E-state index contributed by atoms with van der Waals surface area (Å²) < 4.78 is 0. The smallest absolute Gasteiger partial charge is 0.287 e. The summed E-state index contributed by atoms with van der Waals surface area (Å²) >= 11 is 5.54. The number of benzene rings is 1.